The third-order valence-corrected chi connectivity index (χ3v) is 5.70. The fraction of sp³-hybridized carbons (Fsp3) is 0.350. The molecule has 1 N–H and O–H groups in total. The van der Waals surface area contributed by atoms with Crippen molar-refractivity contribution < 1.29 is 22.7 Å². The molecule has 3 rings (SSSR count). The number of anilines is 1. The minimum Gasteiger partial charge on any atom is -0.486 e. The van der Waals surface area contributed by atoms with Crippen molar-refractivity contribution in [2.24, 2.45) is 0 Å². The first-order chi connectivity index (χ1) is 13.3. The van der Waals surface area contributed by atoms with Crippen LogP contribution in [0.2, 0.25) is 0 Å². The van der Waals surface area contributed by atoms with Gasteiger partial charge in [0.25, 0.3) is 0 Å². The molecule has 0 unspecified atom stereocenters. The Labute approximate surface area is 165 Å². The number of fused-ring (bicyclic) bond motifs is 1. The van der Waals surface area contributed by atoms with Crippen LogP contribution >= 0.6 is 0 Å². The summed E-state index contributed by atoms with van der Waals surface area (Å²) >= 11 is 0. The largest absolute Gasteiger partial charge is 0.486 e. The van der Waals surface area contributed by atoms with Gasteiger partial charge in [-0.3, -0.25) is 9.10 Å². The number of amides is 1. The summed E-state index contributed by atoms with van der Waals surface area (Å²) in [6.07, 6.45) is 1.08. The van der Waals surface area contributed by atoms with E-state index in [1.54, 1.807) is 25.1 Å². The Morgan fingerprint density at radius 2 is 1.75 bits per heavy atom. The monoisotopic (exact) mass is 404 g/mol. The van der Waals surface area contributed by atoms with Gasteiger partial charge in [0.05, 0.1) is 11.9 Å². The summed E-state index contributed by atoms with van der Waals surface area (Å²) in [4.78, 5) is 12.7. The van der Waals surface area contributed by atoms with Gasteiger partial charge in [0.2, 0.25) is 15.9 Å². The van der Waals surface area contributed by atoms with Crippen LogP contribution in [0.4, 0.5) is 5.69 Å². The molecule has 0 bridgehead atoms. The van der Waals surface area contributed by atoms with Crippen molar-refractivity contribution in [1.29, 1.82) is 0 Å². The highest BCUT2D eigenvalue weighted by molar-refractivity contribution is 7.92. The topological polar surface area (TPSA) is 84.9 Å². The van der Waals surface area contributed by atoms with Gasteiger partial charge < -0.3 is 14.8 Å². The number of rotatable bonds is 6. The molecule has 150 valence electrons. The number of nitrogens with one attached hydrogen (secondary N) is 1. The fourth-order valence-electron chi connectivity index (χ4n) is 3.02. The molecular weight excluding hydrogens is 380 g/mol. The summed E-state index contributed by atoms with van der Waals surface area (Å²) in [6.45, 7) is 4.70. The third-order valence-electron chi connectivity index (χ3n) is 4.46. The summed E-state index contributed by atoms with van der Waals surface area (Å²) in [5.74, 6) is 0.630. The van der Waals surface area contributed by atoms with Crippen molar-refractivity contribution in [2.75, 3.05) is 23.8 Å². The Morgan fingerprint density at radius 1 is 1.11 bits per heavy atom. The van der Waals surface area contributed by atoms with Crippen LogP contribution in [-0.4, -0.2) is 39.8 Å². The van der Waals surface area contributed by atoms with Crippen molar-refractivity contribution in [2.45, 2.75) is 26.4 Å². The van der Waals surface area contributed by atoms with Gasteiger partial charge in [-0.1, -0.05) is 29.8 Å². The number of ether oxygens (including phenoxy) is 2. The third kappa shape index (κ3) is 4.56. The van der Waals surface area contributed by atoms with Crippen LogP contribution in [0.1, 0.15) is 18.1 Å². The van der Waals surface area contributed by atoms with Gasteiger partial charge in [-0.15, -0.1) is 0 Å². The Kier molecular flexibility index (Phi) is 5.79. The Morgan fingerprint density at radius 3 is 2.39 bits per heavy atom. The van der Waals surface area contributed by atoms with Crippen molar-refractivity contribution >= 4 is 21.6 Å². The van der Waals surface area contributed by atoms with E-state index < -0.39 is 16.1 Å². The quantitative estimate of drug-likeness (QED) is 0.798. The number of aryl methyl sites for hydroxylation is 1. The van der Waals surface area contributed by atoms with Crippen molar-refractivity contribution in [1.82, 2.24) is 5.32 Å². The molecule has 1 amide bonds. The van der Waals surface area contributed by atoms with E-state index in [0.717, 1.165) is 21.7 Å². The lowest BCUT2D eigenvalue weighted by atomic mass is 10.1. The van der Waals surface area contributed by atoms with E-state index >= 15 is 0 Å². The average Bonchev–Trinajstić information content (AvgIpc) is 2.66. The fourth-order valence-corrected chi connectivity index (χ4v) is 4.19. The summed E-state index contributed by atoms with van der Waals surface area (Å²) < 4.78 is 37.0. The van der Waals surface area contributed by atoms with Crippen LogP contribution in [0.5, 0.6) is 11.5 Å². The second kappa shape index (κ2) is 8.10. The van der Waals surface area contributed by atoms with Gasteiger partial charge in [0, 0.05) is 12.6 Å². The zero-order valence-corrected chi connectivity index (χ0v) is 17.0. The van der Waals surface area contributed by atoms with Crippen LogP contribution in [0, 0.1) is 6.92 Å². The van der Waals surface area contributed by atoms with Crippen LogP contribution in [0.3, 0.4) is 0 Å². The molecule has 28 heavy (non-hydrogen) atoms. The van der Waals surface area contributed by atoms with E-state index in [0.29, 0.717) is 36.9 Å². The number of hydrogen-bond donors (Lipinski definition) is 1. The van der Waals surface area contributed by atoms with Crippen LogP contribution < -0.4 is 19.1 Å². The molecule has 1 aliphatic heterocycles. The van der Waals surface area contributed by atoms with Crippen molar-refractivity contribution in [3.63, 3.8) is 0 Å². The smallest absolute Gasteiger partial charge is 0.243 e. The Balaban J connectivity index is 1.79. The number of sulfonamides is 1. The molecule has 0 aliphatic carbocycles. The van der Waals surface area contributed by atoms with E-state index in [1.165, 1.54) is 0 Å². The maximum absolute atomic E-state index is 12.7. The molecule has 2 aromatic carbocycles. The molecule has 8 heteroatoms. The molecule has 1 atom stereocenters. The highest BCUT2D eigenvalue weighted by Crippen LogP contribution is 2.35. The first-order valence-electron chi connectivity index (χ1n) is 8.98. The summed E-state index contributed by atoms with van der Waals surface area (Å²) in [5, 5.41) is 2.80. The second-order valence-corrected chi connectivity index (χ2v) is 8.63. The Hall–Kier alpha value is -2.74. The maximum atomic E-state index is 12.7. The van der Waals surface area contributed by atoms with Gasteiger partial charge in [-0.05, 0) is 31.5 Å². The van der Waals surface area contributed by atoms with Crippen LogP contribution in [0.25, 0.3) is 0 Å². The number of benzene rings is 2. The molecule has 0 saturated carbocycles. The molecular formula is C20H24N2O5S. The van der Waals surface area contributed by atoms with Crippen molar-refractivity contribution in [3.05, 3.63) is 53.6 Å². The highest BCUT2D eigenvalue weighted by Gasteiger charge is 2.30. The lowest BCUT2D eigenvalue weighted by Crippen LogP contribution is -2.47. The van der Waals surface area contributed by atoms with Gasteiger partial charge >= 0.3 is 0 Å². The number of carbonyl (C=O) groups is 1. The molecule has 0 saturated heterocycles. The van der Waals surface area contributed by atoms with Gasteiger partial charge in [0.1, 0.15) is 19.3 Å². The minimum atomic E-state index is -3.70. The molecule has 1 heterocycles. The molecule has 7 nitrogen and oxygen atoms in total. The van der Waals surface area contributed by atoms with Gasteiger partial charge in [0.15, 0.2) is 11.5 Å². The predicted molar refractivity (Wildman–Crippen MR) is 107 cm³/mol. The lowest BCUT2D eigenvalue weighted by Gasteiger charge is -2.29. The molecule has 0 radical (unpaired) electrons. The normalized spacial score (nSPS) is 14.2. The second-order valence-electron chi connectivity index (χ2n) is 6.77. The van der Waals surface area contributed by atoms with E-state index in [-0.39, 0.29) is 5.91 Å². The first kappa shape index (κ1) is 20.0. The number of nitrogens with zero attached hydrogens (tertiary/aromatic N) is 1. The summed E-state index contributed by atoms with van der Waals surface area (Å²) in [7, 11) is -3.70. The van der Waals surface area contributed by atoms with E-state index in [4.69, 9.17) is 9.47 Å². The van der Waals surface area contributed by atoms with E-state index in [1.807, 2.05) is 31.2 Å². The van der Waals surface area contributed by atoms with Crippen LogP contribution in [-0.2, 0) is 21.4 Å². The maximum Gasteiger partial charge on any atom is 0.243 e. The number of carbonyl (C=O) groups excluding carboxylic acids is 1. The number of hydrogen-bond acceptors (Lipinski definition) is 5. The summed E-state index contributed by atoms with van der Waals surface area (Å²) in [5.41, 5.74) is 2.42. The standard InChI is InChI=1S/C20H24N2O5S/c1-14-4-6-16(7-5-14)13-21-20(23)15(2)22(28(3,24)25)17-8-9-18-19(12-17)27-11-10-26-18/h4-9,12,15H,10-11,13H2,1-3H3,(H,21,23)/t15-/m1/s1. The molecule has 0 aromatic heterocycles. The molecule has 0 spiro atoms. The Bertz CT molecular complexity index is 957. The van der Waals surface area contributed by atoms with Gasteiger partial charge in [-0.2, -0.15) is 0 Å². The predicted octanol–water partition coefficient (Wildman–Crippen LogP) is 2.24. The minimum absolute atomic E-state index is 0.322. The summed E-state index contributed by atoms with van der Waals surface area (Å²) in [6, 6.07) is 11.7. The molecule has 2 aromatic rings. The average molecular weight is 404 g/mol. The van der Waals surface area contributed by atoms with E-state index in [2.05, 4.69) is 5.32 Å². The SMILES string of the molecule is Cc1ccc(CNC(=O)[C@@H](C)N(c2ccc3c(c2)OCCO3)S(C)(=O)=O)cc1. The zero-order chi connectivity index (χ0) is 20.3. The van der Waals surface area contributed by atoms with Crippen LogP contribution in [0.15, 0.2) is 42.5 Å². The van der Waals surface area contributed by atoms with E-state index in [9.17, 15) is 13.2 Å². The highest BCUT2D eigenvalue weighted by atomic mass is 32.2. The zero-order valence-electron chi connectivity index (χ0n) is 16.1. The first-order valence-corrected chi connectivity index (χ1v) is 10.8. The van der Waals surface area contributed by atoms with Crippen molar-refractivity contribution in [3.8, 4) is 11.5 Å². The van der Waals surface area contributed by atoms with Gasteiger partial charge in [-0.25, -0.2) is 8.42 Å². The molecule has 0 fully saturated rings. The molecule has 1 aliphatic rings. The lowest BCUT2D eigenvalue weighted by molar-refractivity contribution is -0.122.